The Kier molecular flexibility index (Phi) is 6.33. The molecule has 0 aliphatic carbocycles. The fourth-order valence-electron chi connectivity index (χ4n) is 2.51. The van der Waals surface area contributed by atoms with E-state index in [9.17, 15) is 26.3 Å². The van der Waals surface area contributed by atoms with Crippen LogP contribution in [0.1, 0.15) is 16.8 Å². The standard InChI is InChI=1S/C17H15F6N3S2/c18-16(19,20)12-3-1-11(2-4-12)10-28-15-24-13(17(21,22)23)9-14(25-15)26-5-7-27-8-6-26/h1-4,9H,5-8,10H2. The van der Waals surface area contributed by atoms with E-state index in [0.717, 1.165) is 41.5 Å². The maximum atomic E-state index is 13.2. The lowest BCUT2D eigenvalue weighted by Gasteiger charge is -2.28. The molecule has 3 nitrogen and oxygen atoms in total. The van der Waals surface area contributed by atoms with E-state index in [1.54, 1.807) is 16.7 Å². The zero-order valence-corrected chi connectivity index (χ0v) is 16.0. The summed E-state index contributed by atoms with van der Waals surface area (Å²) >= 11 is 2.68. The molecule has 0 saturated carbocycles. The largest absolute Gasteiger partial charge is 0.433 e. The molecule has 1 aromatic carbocycles. The van der Waals surface area contributed by atoms with Crippen molar-refractivity contribution in [2.45, 2.75) is 23.3 Å². The van der Waals surface area contributed by atoms with Crippen molar-refractivity contribution in [3.8, 4) is 0 Å². The summed E-state index contributed by atoms with van der Waals surface area (Å²) in [4.78, 5) is 9.60. The number of thioether (sulfide) groups is 2. The molecule has 152 valence electrons. The highest BCUT2D eigenvalue weighted by Gasteiger charge is 2.34. The number of anilines is 1. The Bertz CT molecular complexity index is 802. The van der Waals surface area contributed by atoms with Crippen LogP contribution in [0.3, 0.4) is 0 Å². The highest BCUT2D eigenvalue weighted by molar-refractivity contribution is 7.99. The fourth-order valence-corrected chi connectivity index (χ4v) is 4.23. The van der Waals surface area contributed by atoms with E-state index in [0.29, 0.717) is 18.7 Å². The first kappa shape index (κ1) is 21.1. The number of halogens is 6. The smallest absolute Gasteiger partial charge is 0.355 e. The quantitative estimate of drug-likeness (QED) is 0.364. The highest BCUT2D eigenvalue weighted by atomic mass is 32.2. The molecular formula is C17H15F6N3S2. The lowest BCUT2D eigenvalue weighted by molar-refractivity contribution is -0.141. The van der Waals surface area contributed by atoms with Gasteiger partial charge in [0.25, 0.3) is 0 Å². The molecule has 1 aliphatic rings. The number of nitrogens with zero attached hydrogens (tertiary/aromatic N) is 3. The molecule has 1 saturated heterocycles. The molecule has 0 radical (unpaired) electrons. The van der Waals surface area contributed by atoms with Crippen molar-refractivity contribution >= 4 is 29.3 Å². The van der Waals surface area contributed by atoms with Crippen molar-refractivity contribution in [1.82, 2.24) is 9.97 Å². The second-order valence-corrected chi connectivity index (χ2v) is 8.14. The van der Waals surface area contributed by atoms with Gasteiger partial charge in [-0.15, -0.1) is 0 Å². The van der Waals surface area contributed by atoms with Crippen LogP contribution in [0.25, 0.3) is 0 Å². The monoisotopic (exact) mass is 439 g/mol. The number of rotatable bonds is 4. The summed E-state index contributed by atoms with van der Waals surface area (Å²) in [6, 6.07) is 5.43. The van der Waals surface area contributed by atoms with Crippen molar-refractivity contribution in [3.63, 3.8) is 0 Å². The van der Waals surface area contributed by atoms with Gasteiger partial charge in [-0.2, -0.15) is 38.1 Å². The summed E-state index contributed by atoms with van der Waals surface area (Å²) in [7, 11) is 0. The molecule has 1 aliphatic heterocycles. The zero-order chi connectivity index (χ0) is 20.4. The van der Waals surface area contributed by atoms with E-state index in [2.05, 4.69) is 9.97 Å². The SMILES string of the molecule is FC(F)(F)c1ccc(CSc2nc(N3CCSCC3)cc(C(F)(F)F)n2)cc1. The van der Waals surface area contributed by atoms with Crippen molar-refractivity contribution in [3.05, 3.63) is 47.2 Å². The second-order valence-electron chi connectivity index (χ2n) is 5.97. The molecule has 2 aromatic rings. The first-order valence-corrected chi connectivity index (χ1v) is 10.3. The summed E-state index contributed by atoms with van der Waals surface area (Å²) in [5.41, 5.74) is -1.26. The predicted octanol–water partition coefficient (Wildman–Crippen LogP) is 5.36. The van der Waals surface area contributed by atoms with Gasteiger partial charge in [0.2, 0.25) is 0 Å². The molecule has 1 aromatic heterocycles. The van der Waals surface area contributed by atoms with Crippen LogP contribution in [0.4, 0.5) is 32.2 Å². The molecule has 0 bridgehead atoms. The topological polar surface area (TPSA) is 29.0 Å². The summed E-state index contributed by atoms with van der Waals surface area (Å²) in [5, 5.41) is -0.0528. The van der Waals surface area contributed by atoms with E-state index < -0.39 is 23.6 Å². The summed E-state index contributed by atoms with van der Waals surface area (Å²) in [6.07, 6.45) is -9.04. The van der Waals surface area contributed by atoms with Gasteiger partial charge in [0.15, 0.2) is 10.9 Å². The molecule has 0 amide bonds. The number of alkyl halides is 6. The summed E-state index contributed by atoms with van der Waals surface area (Å²) in [5.74, 6) is 1.99. The molecule has 1 fully saturated rings. The first-order chi connectivity index (χ1) is 13.1. The molecule has 3 rings (SSSR count). The Morgan fingerprint density at radius 2 is 1.57 bits per heavy atom. The van der Waals surface area contributed by atoms with Crippen LogP contribution in [0.2, 0.25) is 0 Å². The van der Waals surface area contributed by atoms with Crippen LogP contribution in [0.5, 0.6) is 0 Å². The number of aromatic nitrogens is 2. The minimum Gasteiger partial charge on any atom is -0.355 e. The van der Waals surface area contributed by atoms with Crippen LogP contribution < -0.4 is 4.90 Å². The lowest BCUT2D eigenvalue weighted by atomic mass is 10.1. The molecule has 0 unspecified atom stereocenters. The van der Waals surface area contributed by atoms with E-state index in [1.165, 1.54) is 12.1 Å². The van der Waals surface area contributed by atoms with Crippen molar-refractivity contribution in [1.29, 1.82) is 0 Å². The van der Waals surface area contributed by atoms with Crippen molar-refractivity contribution < 1.29 is 26.3 Å². The maximum absolute atomic E-state index is 13.2. The zero-order valence-electron chi connectivity index (χ0n) is 14.3. The van der Waals surface area contributed by atoms with E-state index in [-0.39, 0.29) is 16.7 Å². The van der Waals surface area contributed by atoms with Gasteiger partial charge in [0.05, 0.1) is 5.56 Å². The lowest BCUT2D eigenvalue weighted by Crippen LogP contribution is -2.33. The Hall–Kier alpha value is -1.62. The van der Waals surface area contributed by atoms with Gasteiger partial charge in [-0.25, -0.2) is 9.97 Å². The Balaban J connectivity index is 1.78. The maximum Gasteiger partial charge on any atom is 0.433 e. The molecule has 2 heterocycles. The van der Waals surface area contributed by atoms with Gasteiger partial charge in [0, 0.05) is 36.4 Å². The molecule has 0 N–H and O–H groups in total. The molecular weight excluding hydrogens is 424 g/mol. The molecule has 11 heteroatoms. The Morgan fingerprint density at radius 3 is 2.14 bits per heavy atom. The van der Waals surface area contributed by atoms with Gasteiger partial charge in [-0.05, 0) is 17.7 Å². The molecule has 0 spiro atoms. The Morgan fingerprint density at radius 1 is 0.929 bits per heavy atom. The molecule has 0 atom stereocenters. The van der Waals surface area contributed by atoms with Crippen molar-refractivity contribution in [2.24, 2.45) is 0 Å². The normalized spacial score (nSPS) is 15.7. The van der Waals surface area contributed by atoms with Gasteiger partial charge < -0.3 is 4.90 Å². The van der Waals surface area contributed by atoms with Crippen LogP contribution in [-0.2, 0) is 18.1 Å². The highest BCUT2D eigenvalue weighted by Crippen LogP contribution is 2.33. The predicted molar refractivity (Wildman–Crippen MR) is 97.6 cm³/mol. The molecule has 28 heavy (non-hydrogen) atoms. The van der Waals surface area contributed by atoms with Crippen LogP contribution in [-0.4, -0.2) is 34.6 Å². The average Bonchev–Trinajstić information content (AvgIpc) is 2.66. The summed E-state index contributed by atoms with van der Waals surface area (Å²) in [6.45, 7) is 1.20. The van der Waals surface area contributed by atoms with E-state index in [1.807, 2.05) is 0 Å². The minimum atomic E-state index is -4.61. The van der Waals surface area contributed by atoms with Crippen molar-refractivity contribution in [2.75, 3.05) is 29.5 Å². The summed E-state index contributed by atoms with van der Waals surface area (Å²) < 4.78 is 77.4. The van der Waals surface area contributed by atoms with Crippen LogP contribution in [0.15, 0.2) is 35.5 Å². The minimum absolute atomic E-state index is 0.0528. The van der Waals surface area contributed by atoms with E-state index in [4.69, 9.17) is 0 Å². The average molecular weight is 439 g/mol. The van der Waals surface area contributed by atoms with Crippen LogP contribution >= 0.6 is 23.5 Å². The third kappa shape index (κ3) is 5.47. The number of benzene rings is 1. The van der Waals surface area contributed by atoms with Gasteiger partial charge >= 0.3 is 12.4 Å². The van der Waals surface area contributed by atoms with E-state index >= 15 is 0 Å². The van der Waals surface area contributed by atoms with Gasteiger partial charge in [-0.3, -0.25) is 0 Å². The number of hydrogen-bond acceptors (Lipinski definition) is 5. The van der Waals surface area contributed by atoms with Gasteiger partial charge in [-0.1, -0.05) is 23.9 Å². The van der Waals surface area contributed by atoms with Crippen LogP contribution in [0, 0.1) is 0 Å². The third-order valence-corrected chi connectivity index (χ3v) is 5.83. The fraction of sp³-hybridized carbons (Fsp3) is 0.412. The first-order valence-electron chi connectivity index (χ1n) is 8.21. The third-order valence-electron chi connectivity index (χ3n) is 3.97. The Labute approximate surface area is 165 Å². The van der Waals surface area contributed by atoms with Gasteiger partial charge in [0.1, 0.15) is 5.82 Å². The second kappa shape index (κ2) is 8.40. The number of hydrogen-bond donors (Lipinski definition) is 0.